The maximum atomic E-state index is 11.9. The van der Waals surface area contributed by atoms with E-state index < -0.39 is 11.5 Å². The normalized spacial score (nSPS) is 11.0. The molecular formula is C16H12N4O4. The van der Waals surface area contributed by atoms with E-state index >= 15 is 0 Å². The molecule has 0 aliphatic heterocycles. The van der Waals surface area contributed by atoms with Gasteiger partial charge in [-0.1, -0.05) is 0 Å². The number of benzene rings is 2. The van der Waals surface area contributed by atoms with E-state index in [0.29, 0.717) is 16.9 Å². The van der Waals surface area contributed by atoms with Crippen molar-refractivity contribution in [2.75, 3.05) is 0 Å². The summed E-state index contributed by atoms with van der Waals surface area (Å²) >= 11 is 0. The van der Waals surface area contributed by atoms with Crippen molar-refractivity contribution < 1.29 is 15.0 Å². The van der Waals surface area contributed by atoms with Crippen LogP contribution in [0.5, 0.6) is 5.75 Å². The van der Waals surface area contributed by atoms with Gasteiger partial charge in [-0.3, -0.25) is 15.0 Å². The van der Waals surface area contributed by atoms with Crippen molar-refractivity contribution in [3.63, 3.8) is 0 Å². The van der Waals surface area contributed by atoms with Gasteiger partial charge in [-0.2, -0.15) is 5.11 Å². The molecule has 1 aromatic heterocycles. The third kappa shape index (κ3) is 3.07. The van der Waals surface area contributed by atoms with Crippen molar-refractivity contribution in [1.82, 2.24) is 10.2 Å². The number of hydrogen-bond acceptors (Lipinski definition) is 5. The molecule has 4 N–H and O–H groups in total. The Morgan fingerprint density at radius 3 is 2.21 bits per heavy atom. The maximum Gasteiger partial charge on any atom is 0.335 e. The molecule has 0 spiro atoms. The minimum Gasteiger partial charge on any atom is -0.508 e. The van der Waals surface area contributed by atoms with Crippen LogP contribution in [0.1, 0.15) is 10.4 Å². The molecule has 3 rings (SSSR count). The van der Waals surface area contributed by atoms with Crippen LogP contribution in [0.2, 0.25) is 0 Å². The van der Waals surface area contributed by atoms with Gasteiger partial charge in [-0.05, 0) is 48.5 Å². The van der Waals surface area contributed by atoms with Gasteiger partial charge in [0, 0.05) is 5.56 Å². The zero-order valence-corrected chi connectivity index (χ0v) is 12.2. The summed E-state index contributed by atoms with van der Waals surface area (Å²) in [6.45, 7) is 0. The number of carbonyl (C=O) groups is 1. The summed E-state index contributed by atoms with van der Waals surface area (Å²) in [6.07, 6.45) is 0. The van der Waals surface area contributed by atoms with Crippen LogP contribution in [0.4, 0.5) is 11.4 Å². The molecule has 8 nitrogen and oxygen atoms in total. The first kappa shape index (κ1) is 15.2. The number of aromatic carboxylic acids is 1. The van der Waals surface area contributed by atoms with Crippen LogP contribution < -0.4 is 5.56 Å². The fourth-order valence-electron chi connectivity index (χ4n) is 2.06. The van der Waals surface area contributed by atoms with Crippen molar-refractivity contribution in [3.05, 3.63) is 64.4 Å². The lowest BCUT2D eigenvalue weighted by molar-refractivity contribution is 0.0697. The van der Waals surface area contributed by atoms with Gasteiger partial charge in [0.2, 0.25) is 0 Å². The quantitative estimate of drug-likeness (QED) is 0.549. The summed E-state index contributed by atoms with van der Waals surface area (Å²) in [5, 5.41) is 31.2. The highest BCUT2D eigenvalue weighted by molar-refractivity contribution is 5.87. The number of aromatic amines is 2. The van der Waals surface area contributed by atoms with Gasteiger partial charge in [0.25, 0.3) is 5.56 Å². The minimum absolute atomic E-state index is 0.0861. The molecule has 0 unspecified atom stereocenters. The molecule has 0 bridgehead atoms. The van der Waals surface area contributed by atoms with Crippen molar-refractivity contribution in [2.45, 2.75) is 0 Å². The van der Waals surface area contributed by atoms with Crippen LogP contribution in [0, 0.1) is 0 Å². The highest BCUT2D eigenvalue weighted by Crippen LogP contribution is 2.27. The van der Waals surface area contributed by atoms with Crippen molar-refractivity contribution in [2.24, 2.45) is 10.2 Å². The van der Waals surface area contributed by atoms with Crippen molar-refractivity contribution >= 4 is 17.3 Å². The smallest absolute Gasteiger partial charge is 0.335 e. The number of aromatic nitrogens is 2. The highest BCUT2D eigenvalue weighted by Gasteiger charge is 2.11. The minimum atomic E-state index is -1.03. The van der Waals surface area contributed by atoms with E-state index in [9.17, 15) is 14.7 Å². The Morgan fingerprint density at radius 1 is 0.917 bits per heavy atom. The first-order valence-corrected chi connectivity index (χ1v) is 6.90. The summed E-state index contributed by atoms with van der Waals surface area (Å²) in [5.74, 6) is -0.923. The Hall–Kier alpha value is -3.68. The SMILES string of the molecule is O=C(O)c1ccc(N=Nc2c(-c3ccc(O)cc3)[nH][nH]c2=O)cc1. The lowest BCUT2D eigenvalue weighted by Gasteiger charge is -1.99. The van der Waals surface area contributed by atoms with Crippen molar-refractivity contribution in [1.29, 1.82) is 0 Å². The van der Waals surface area contributed by atoms with Gasteiger partial charge in [0.05, 0.1) is 16.9 Å². The fourth-order valence-corrected chi connectivity index (χ4v) is 2.06. The number of aromatic hydroxyl groups is 1. The van der Waals surface area contributed by atoms with Gasteiger partial charge in [-0.15, -0.1) is 5.11 Å². The van der Waals surface area contributed by atoms with Gasteiger partial charge in [-0.25, -0.2) is 4.79 Å². The predicted octanol–water partition coefficient (Wildman–Crippen LogP) is 3.19. The van der Waals surface area contributed by atoms with Crippen LogP contribution >= 0.6 is 0 Å². The number of nitrogens with one attached hydrogen (secondary N) is 2. The largest absolute Gasteiger partial charge is 0.508 e. The van der Waals surface area contributed by atoms with Gasteiger partial charge < -0.3 is 10.2 Å². The summed E-state index contributed by atoms with van der Waals surface area (Å²) < 4.78 is 0. The molecule has 1 heterocycles. The van der Waals surface area contributed by atoms with Crippen molar-refractivity contribution in [3.8, 4) is 17.0 Å². The zero-order valence-electron chi connectivity index (χ0n) is 12.2. The van der Waals surface area contributed by atoms with Crippen LogP contribution in [0.15, 0.2) is 63.6 Å². The Kier molecular flexibility index (Phi) is 3.94. The predicted molar refractivity (Wildman–Crippen MR) is 86.1 cm³/mol. The Labute approximate surface area is 135 Å². The molecule has 8 heteroatoms. The third-order valence-electron chi connectivity index (χ3n) is 3.29. The van der Waals surface area contributed by atoms with E-state index in [1.54, 1.807) is 12.1 Å². The summed E-state index contributed by atoms with van der Waals surface area (Å²) in [7, 11) is 0. The number of phenolic OH excluding ortho intramolecular Hbond substituents is 1. The topological polar surface area (TPSA) is 131 Å². The molecule has 120 valence electrons. The van der Waals surface area contributed by atoms with Crippen LogP contribution in [0.3, 0.4) is 0 Å². The number of H-pyrrole nitrogens is 2. The Morgan fingerprint density at radius 2 is 1.58 bits per heavy atom. The van der Waals surface area contributed by atoms with E-state index in [0.717, 1.165) is 0 Å². The number of carboxylic acids is 1. The maximum absolute atomic E-state index is 11.9. The van der Waals surface area contributed by atoms with E-state index in [2.05, 4.69) is 20.4 Å². The van der Waals surface area contributed by atoms with E-state index in [1.807, 2.05) is 0 Å². The molecule has 0 saturated heterocycles. The average Bonchev–Trinajstić information content (AvgIpc) is 2.95. The zero-order chi connectivity index (χ0) is 17.1. The molecule has 0 radical (unpaired) electrons. The number of phenols is 1. The van der Waals surface area contributed by atoms with Crippen LogP contribution in [-0.4, -0.2) is 26.4 Å². The molecule has 0 atom stereocenters. The second-order valence-corrected chi connectivity index (χ2v) is 4.90. The standard InChI is InChI=1S/C16H12N4O4/c21-12-7-3-9(4-8-12)13-14(15(22)20-18-13)19-17-11-5-1-10(2-6-11)16(23)24/h1-8,21H,(H,23,24)(H2,18,20,22). The monoisotopic (exact) mass is 324 g/mol. The van der Waals surface area contributed by atoms with Gasteiger partial charge >= 0.3 is 5.97 Å². The Balaban J connectivity index is 1.92. The molecule has 3 aromatic rings. The lowest BCUT2D eigenvalue weighted by atomic mass is 10.1. The highest BCUT2D eigenvalue weighted by atomic mass is 16.4. The molecule has 2 aromatic carbocycles. The average molecular weight is 324 g/mol. The molecule has 0 aliphatic rings. The summed E-state index contributed by atoms with van der Waals surface area (Å²) in [5.41, 5.74) is 1.29. The van der Waals surface area contributed by atoms with E-state index in [1.165, 1.54) is 36.4 Å². The number of azo groups is 1. The number of hydrogen-bond donors (Lipinski definition) is 4. The number of nitrogens with zero attached hydrogens (tertiary/aromatic N) is 2. The molecule has 0 saturated carbocycles. The first-order valence-electron chi connectivity index (χ1n) is 6.90. The molecule has 0 amide bonds. The molecular weight excluding hydrogens is 312 g/mol. The lowest BCUT2D eigenvalue weighted by Crippen LogP contribution is -1.96. The van der Waals surface area contributed by atoms with Crippen LogP contribution in [0.25, 0.3) is 11.3 Å². The van der Waals surface area contributed by atoms with E-state index in [-0.39, 0.29) is 17.0 Å². The molecule has 0 fully saturated rings. The van der Waals surface area contributed by atoms with Gasteiger partial charge in [0.1, 0.15) is 5.75 Å². The second-order valence-electron chi connectivity index (χ2n) is 4.90. The summed E-state index contributed by atoms with van der Waals surface area (Å²) in [6, 6.07) is 12.0. The Bertz CT molecular complexity index is 953. The molecule has 24 heavy (non-hydrogen) atoms. The molecule has 0 aliphatic carbocycles. The first-order chi connectivity index (χ1) is 11.5. The van der Waals surface area contributed by atoms with E-state index in [4.69, 9.17) is 5.11 Å². The van der Waals surface area contributed by atoms with Crippen LogP contribution in [-0.2, 0) is 0 Å². The second kappa shape index (κ2) is 6.21. The fraction of sp³-hybridized carbons (Fsp3) is 0. The van der Waals surface area contributed by atoms with Gasteiger partial charge in [0.15, 0.2) is 5.69 Å². The summed E-state index contributed by atoms with van der Waals surface area (Å²) in [4.78, 5) is 22.7. The third-order valence-corrected chi connectivity index (χ3v) is 3.29. The number of rotatable bonds is 4. The number of carboxylic acid groups (broad SMARTS) is 1.